The summed E-state index contributed by atoms with van der Waals surface area (Å²) in [5, 5.41) is 3.44. The van der Waals surface area contributed by atoms with E-state index in [0.717, 1.165) is 35.5 Å². The van der Waals surface area contributed by atoms with Gasteiger partial charge in [0, 0.05) is 22.5 Å². The van der Waals surface area contributed by atoms with Crippen LogP contribution in [0.25, 0.3) is 11.1 Å². The van der Waals surface area contributed by atoms with E-state index in [9.17, 15) is 0 Å². The molecule has 1 fully saturated rings. The third-order valence-corrected chi connectivity index (χ3v) is 4.39. The van der Waals surface area contributed by atoms with Crippen LogP contribution in [0.2, 0.25) is 0 Å². The molecule has 2 aromatic carbocycles. The van der Waals surface area contributed by atoms with Crippen LogP contribution in [-0.2, 0) is 0 Å². The van der Waals surface area contributed by atoms with Gasteiger partial charge in [0.15, 0.2) is 0 Å². The van der Waals surface area contributed by atoms with Crippen molar-refractivity contribution in [3.63, 3.8) is 0 Å². The lowest BCUT2D eigenvalue weighted by Gasteiger charge is -2.23. The van der Waals surface area contributed by atoms with Crippen LogP contribution in [0.15, 0.2) is 53.0 Å². The summed E-state index contributed by atoms with van der Waals surface area (Å²) in [5.41, 5.74) is 2.34. The Morgan fingerprint density at radius 2 is 2.00 bits per heavy atom. The predicted molar refractivity (Wildman–Crippen MR) is 90.7 cm³/mol. The minimum atomic E-state index is 0.617. The number of halogens is 1. The maximum absolute atomic E-state index is 6.13. The van der Waals surface area contributed by atoms with Crippen molar-refractivity contribution in [2.75, 3.05) is 19.7 Å². The number of rotatable bonds is 4. The molecule has 0 unspecified atom stereocenters. The topological polar surface area (TPSA) is 21.3 Å². The van der Waals surface area contributed by atoms with E-state index < -0.39 is 0 Å². The number of hydrogen-bond acceptors (Lipinski definition) is 2. The van der Waals surface area contributed by atoms with E-state index in [1.807, 2.05) is 12.1 Å². The summed E-state index contributed by atoms with van der Waals surface area (Å²) in [6.45, 7) is 3.00. The molecule has 3 heteroatoms. The lowest BCUT2D eigenvalue weighted by Crippen LogP contribution is -2.33. The van der Waals surface area contributed by atoms with Gasteiger partial charge in [-0.3, -0.25) is 0 Å². The van der Waals surface area contributed by atoms with Crippen molar-refractivity contribution in [2.45, 2.75) is 12.8 Å². The summed E-state index contributed by atoms with van der Waals surface area (Å²) in [4.78, 5) is 0. The number of piperidine rings is 1. The Morgan fingerprint density at radius 1 is 1.14 bits per heavy atom. The van der Waals surface area contributed by atoms with Gasteiger partial charge in [0.25, 0.3) is 0 Å². The molecule has 0 aliphatic carbocycles. The van der Waals surface area contributed by atoms with E-state index in [1.54, 1.807) is 0 Å². The van der Waals surface area contributed by atoms with Crippen LogP contribution in [0, 0.1) is 5.92 Å². The summed E-state index contributed by atoms with van der Waals surface area (Å²) < 4.78 is 7.20. The van der Waals surface area contributed by atoms with Gasteiger partial charge < -0.3 is 10.1 Å². The quantitative estimate of drug-likeness (QED) is 0.880. The van der Waals surface area contributed by atoms with Gasteiger partial charge in [-0.25, -0.2) is 0 Å². The van der Waals surface area contributed by atoms with Gasteiger partial charge in [0.1, 0.15) is 5.75 Å². The molecule has 3 rings (SSSR count). The first-order chi connectivity index (χ1) is 10.3. The molecular formula is C18H20BrNO. The zero-order chi connectivity index (χ0) is 14.5. The van der Waals surface area contributed by atoms with E-state index in [-0.39, 0.29) is 0 Å². The van der Waals surface area contributed by atoms with Gasteiger partial charge in [0.2, 0.25) is 0 Å². The van der Waals surface area contributed by atoms with E-state index in [2.05, 4.69) is 57.6 Å². The zero-order valence-electron chi connectivity index (χ0n) is 12.0. The molecule has 0 bridgehead atoms. The summed E-state index contributed by atoms with van der Waals surface area (Å²) in [7, 11) is 0. The van der Waals surface area contributed by atoms with Crippen LogP contribution in [0.5, 0.6) is 5.75 Å². The molecule has 0 radical (unpaired) electrons. The maximum atomic E-state index is 6.13. The normalized spacial score (nSPS) is 18.4. The molecule has 1 aliphatic rings. The first-order valence-electron chi connectivity index (χ1n) is 7.51. The van der Waals surface area contributed by atoms with E-state index in [4.69, 9.17) is 4.74 Å². The molecule has 0 amide bonds. The maximum Gasteiger partial charge on any atom is 0.127 e. The highest BCUT2D eigenvalue weighted by Gasteiger charge is 2.15. The molecule has 0 aromatic heterocycles. The molecule has 1 saturated heterocycles. The molecule has 1 aliphatic heterocycles. The second kappa shape index (κ2) is 7.10. The Bertz CT molecular complexity index is 579. The molecule has 0 spiro atoms. The molecule has 21 heavy (non-hydrogen) atoms. The number of nitrogens with one attached hydrogen (secondary N) is 1. The second-order valence-electron chi connectivity index (χ2n) is 5.53. The summed E-state index contributed by atoms with van der Waals surface area (Å²) in [5.74, 6) is 1.58. The Hall–Kier alpha value is -1.32. The number of benzene rings is 2. The minimum Gasteiger partial charge on any atom is -0.493 e. The van der Waals surface area contributed by atoms with Crippen molar-refractivity contribution in [3.8, 4) is 16.9 Å². The summed E-state index contributed by atoms with van der Waals surface area (Å²) in [6, 6.07) is 16.6. The fraction of sp³-hybridized carbons (Fsp3) is 0.333. The van der Waals surface area contributed by atoms with Gasteiger partial charge in [-0.05, 0) is 43.1 Å². The minimum absolute atomic E-state index is 0.617. The summed E-state index contributed by atoms with van der Waals surface area (Å²) in [6.07, 6.45) is 2.50. The molecule has 0 saturated carbocycles. The second-order valence-corrected chi connectivity index (χ2v) is 6.45. The number of hydrogen-bond donors (Lipinski definition) is 1. The molecule has 110 valence electrons. The average molecular weight is 346 g/mol. The van der Waals surface area contributed by atoms with Crippen molar-refractivity contribution in [1.29, 1.82) is 0 Å². The smallest absolute Gasteiger partial charge is 0.127 e. The fourth-order valence-corrected chi connectivity index (χ4v) is 3.11. The highest BCUT2D eigenvalue weighted by Crippen LogP contribution is 2.33. The fourth-order valence-electron chi connectivity index (χ4n) is 2.75. The molecule has 1 atom stereocenters. The van der Waals surface area contributed by atoms with Crippen LogP contribution < -0.4 is 10.1 Å². The lowest BCUT2D eigenvalue weighted by atomic mass is 10.0. The van der Waals surface area contributed by atoms with E-state index in [1.165, 1.54) is 18.4 Å². The molecule has 1 N–H and O–H groups in total. The Morgan fingerprint density at radius 3 is 2.76 bits per heavy atom. The van der Waals surface area contributed by atoms with Gasteiger partial charge in [-0.1, -0.05) is 46.3 Å². The largest absolute Gasteiger partial charge is 0.493 e. The van der Waals surface area contributed by atoms with Crippen molar-refractivity contribution in [1.82, 2.24) is 5.32 Å². The Kier molecular flexibility index (Phi) is 4.94. The molecule has 1 heterocycles. The van der Waals surface area contributed by atoms with Crippen molar-refractivity contribution >= 4 is 15.9 Å². The van der Waals surface area contributed by atoms with Gasteiger partial charge in [0.05, 0.1) is 6.61 Å². The van der Waals surface area contributed by atoms with Gasteiger partial charge >= 0.3 is 0 Å². The van der Waals surface area contributed by atoms with Crippen molar-refractivity contribution in [2.24, 2.45) is 5.92 Å². The van der Waals surface area contributed by atoms with E-state index >= 15 is 0 Å². The SMILES string of the molecule is Brc1ccc(OC[C@H]2CCCNC2)c(-c2ccccc2)c1. The predicted octanol–water partition coefficient (Wildman–Crippen LogP) is 4.49. The zero-order valence-corrected chi connectivity index (χ0v) is 13.6. The van der Waals surface area contributed by atoms with Crippen LogP contribution >= 0.6 is 15.9 Å². The highest BCUT2D eigenvalue weighted by molar-refractivity contribution is 9.10. The first-order valence-corrected chi connectivity index (χ1v) is 8.31. The first kappa shape index (κ1) is 14.6. The van der Waals surface area contributed by atoms with Crippen LogP contribution in [-0.4, -0.2) is 19.7 Å². The van der Waals surface area contributed by atoms with Crippen LogP contribution in [0.1, 0.15) is 12.8 Å². The van der Waals surface area contributed by atoms with Gasteiger partial charge in [-0.2, -0.15) is 0 Å². The third kappa shape index (κ3) is 3.86. The third-order valence-electron chi connectivity index (χ3n) is 3.90. The Balaban J connectivity index is 1.78. The number of ether oxygens (including phenoxy) is 1. The molecule has 2 nitrogen and oxygen atoms in total. The monoisotopic (exact) mass is 345 g/mol. The lowest BCUT2D eigenvalue weighted by molar-refractivity contribution is 0.219. The highest BCUT2D eigenvalue weighted by atomic mass is 79.9. The van der Waals surface area contributed by atoms with Crippen LogP contribution in [0.4, 0.5) is 0 Å². The Labute approximate surface area is 134 Å². The van der Waals surface area contributed by atoms with Crippen molar-refractivity contribution in [3.05, 3.63) is 53.0 Å². The van der Waals surface area contributed by atoms with Gasteiger partial charge in [-0.15, -0.1) is 0 Å². The average Bonchev–Trinajstić information content (AvgIpc) is 2.55. The standard InChI is InChI=1S/C18H20BrNO/c19-16-8-9-18(21-13-14-5-4-10-20-12-14)17(11-16)15-6-2-1-3-7-15/h1-3,6-9,11,14,20H,4-5,10,12-13H2/t14-/m0/s1. The molecular weight excluding hydrogens is 326 g/mol. The summed E-state index contributed by atoms with van der Waals surface area (Å²) >= 11 is 3.56. The molecule has 2 aromatic rings. The van der Waals surface area contributed by atoms with Crippen molar-refractivity contribution < 1.29 is 4.74 Å². The van der Waals surface area contributed by atoms with Crippen LogP contribution in [0.3, 0.4) is 0 Å². The van der Waals surface area contributed by atoms with E-state index in [0.29, 0.717) is 5.92 Å².